The fraction of sp³-hybridized carbons (Fsp3) is 0.444. The summed E-state index contributed by atoms with van der Waals surface area (Å²) in [6.07, 6.45) is 4.32. The molecule has 0 bridgehead atoms. The molecule has 0 aliphatic carbocycles. The Morgan fingerprint density at radius 1 is 1.35 bits per heavy atom. The van der Waals surface area contributed by atoms with Crippen molar-refractivity contribution in [3.05, 3.63) is 36.0 Å². The summed E-state index contributed by atoms with van der Waals surface area (Å²) in [5.41, 5.74) is 2.18. The highest BCUT2D eigenvalue weighted by atomic mass is 16.4. The van der Waals surface area contributed by atoms with Gasteiger partial charge in [-0.15, -0.1) is 0 Å². The molecule has 0 saturated carbocycles. The van der Waals surface area contributed by atoms with Crippen LogP contribution in [0.4, 0.5) is 0 Å². The van der Waals surface area contributed by atoms with Crippen LogP contribution in [0.2, 0.25) is 0 Å². The molecule has 122 valence electrons. The third-order valence-corrected chi connectivity index (χ3v) is 4.72. The van der Waals surface area contributed by atoms with Crippen molar-refractivity contribution in [2.24, 2.45) is 5.92 Å². The van der Waals surface area contributed by atoms with Gasteiger partial charge in [0.15, 0.2) is 0 Å². The van der Waals surface area contributed by atoms with Crippen LogP contribution in [-0.2, 0) is 16.0 Å². The van der Waals surface area contributed by atoms with Gasteiger partial charge in [-0.05, 0) is 54.3 Å². The molecule has 0 spiro atoms. The minimum absolute atomic E-state index is 0.0570. The summed E-state index contributed by atoms with van der Waals surface area (Å²) < 4.78 is 0. The van der Waals surface area contributed by atoms with E-state index >= 15 is 0 Å². The number of benzene rings is 1. The number of aromatic amines is 1. The van der Waals surface area contributed by atoms with Crippen molar-refractivity contribution in [2.45, 2.75) is 38.6 Å². The molecule has 1 aliphatic rings. The number of aryl methyl sites for hydroxylation is 1. The number of H-pyrrole nitrogens is 1. The second-order valence-corrected chi connectivity index (χ2v) is 6.47. The second kappa shape index (κ2) is 6.44. The number of likely N-dealkylation sites (tertiary alicyclic amines) is 1. The molecule has 1 fully saturated rings. The number of aliphatic carboxylic acids is 1. The van der Waals surface area contributed by atoms with Crippen molar-refractivity contribution in [3.63, 3.8) is 0 Å². The van der Waals surface area contributed by atoms with Gasteiger partial charge in [-0.1, -0.05) is 13.0 Å². The number of rotatable bonds is 4. The van der Waals surface area contributed by atoms with Gasteiger partial charge in [0.1, 0.15) is 6.04 Å². The van der Waals surface area contributed by atoms with Crippen molar-refractivity contribution >= 4 is 22.8 Å². The molecule has 5 nitrogen and oxygen atoms in total. The van der Waals surface area contributed by atoms with Crippen molar-refractivity contribution in [1.82, 2.24) is 9.88 Å². The van der Waals surface area contributed by atoms with E-state index in [4.69, 9.17) is 0 Å². The molecule has 1 aromatic carbocycles. The Labute approximate surface area is 135 Å². The quantitative estimate of drug-likeness (QED) is 0.911. The number of hydrogen-bond donors (Lipinski definition) is 2. The third kappa shape index (κ3) is 3.38. The number of nitrogens with one attached hydrogen (secondary N) is 1. The lowest BCUT2D eigenvalue weighted by Gasteiger charge is -2.36. The van der Waals surface area contributed by atoms with E-state index in [1.165, 1.54) is 0 Å². The number of amides is 1. The molecule has 1 amide bonds. The van der Waals surface area contributed by atoms with Gasteiger partial charge in [0.2, 0.25) is 5.91 Å². The molecular formula is C18H22N2O3. The van der Waals surface area contributed by atoms with E-state index in [0.717, 1.165) is 22.9 Å². The summed E-state index contributed by atoms with van der Waals surface area (Å²) in [6.45, 7) is 2.59. The first-order valence-corrected chi connectivity index (χ1v) is 8.13. The van der Waals surface area contributed by atoms with Crippen LogP contribution in [0.25, 0.3) is 10.9 Å². The Kier molecular flexibility index (Phi) is 4.37. The topological polar surface area (TPSA) is 73.4 Å². The smallest absolute Gasteiger partial charge is 0.326 e. The van der Waals surface area contributed by atoms with Gasteiger partial charge in [-0.3, -0.25) is 4.79 Å². The molecule has 2 atom stereocenters. The number of carboxylic acid groups (broad SMARTS) is 1. The van der Waals surface area contributed by atoms with Gasteiger partial charge < -0.3 is 15.0 Å². The fourth-order valence-electron chi connectivity index (χ4n) is 3.33. The van der Waals surface area contributed by atoms with Crippen molar-refractivity contribution < 1.29 is 14.7 Å². The lowest BCUT2D eigenvalue weighted by molar-refractivity contribution is -0.153. The number of carbonyl (C=O) groups excluding carboxylic acids is 1. The number of carboxylic acids is 1. The molecule has 0 radical (unpaired) electrons. The Morgan fingerprint density at radius 3 is 2.96 bits per heavy atom. The monoisotopic (exact) mass is 314 g/mol. The molecule has 1 saturated heterocycles. The molecule has 2 unspecified atom stereocenters. The van der Waals surface area contributed by atoms with E-state index in [2.05, 4.69) is 11.1 Å². The molecule has 1 aliphatic heterocycles. The Balaban J connectivity index is 1.64. The van der Waals surface area contributed by atoms with Crippen LogP contribution in [0.15, 0.2) is 30.5 Å². The van der Waals surface area contributed by atoms with Crippen LogP contribution < -0.4 is 0 Å². The maximum Gasteiger partial charge on any atom is 0.326 e. The average Bonchev–Trinajstić information content (AvgIpc) is 3.00. The van der Waals surface area contributed by atoms with E-state index in [1.54, 1.807) is 4.90 Å². The summed E-state index contributed by atoms with van der Waals surface area (Å²) in [5.74, 6) is -0.590. The first kappa shape index (κ1) is 15.6. The summed E-state index contributed by atoms with van der Waals surface area (Å²) >= 11 is 0. The summed E-state index contributed by atoms with van der Waals surface area (Å²) in [7, 11) is 0. The largest absolute Gasteiger partial charge is 0.480 e. The summed E-state index contributed by atoms with van der Waals surface area (Å²) in [5, 5.41) is 10.5. The molecule has 3 rings (SSSR count). The Hall–Kier alpha value is -2.30. The molecule has 2 heterocycles. The van der Waals surface area contributed by atoms with Crippen LogP contribution in [-0.4, -0.2) is 39.5 Å². The second-order valence-electron chi connectivity index (χ2n) is 6.47. The van der Waals surface area contributed by atoms with Gasteiger partial charge in [0.25, 0.3) is 0 Å². The van der Waals surface area contributed by atoms with E-state index < -0.39 is 12.0 Å². The first-order chi connectivity index (χ1) is 11.0. The predicted molar refractivity (Wildman–Crippen MR) is 88.2 cm³/mol. The highest BCUT2D eigenvalue weighted by Gasteiger charge is 2.34. The van der Waals surface area contributed by atoms with E-state index in [0.29, 0.717) is 31.7 Å². The van der Waals surface area contributed by atoms with Crippen LogP contribution in [0.3, 0.4) is 0 Å². The zero-order valence-corrected chi connectivity index (χ0v) is 13.3. The lowest BCUT2D eigenvalue weighted by atomic mass is 9.92. The third-order valence-electron chi connectivity index (χ3n) is 4.72. The van der Waals surface area contributed by atoms with Crippen LogP contribution in [0.5, 0.6) is 0 Å². The van der Waals surface area contributed by atoms with Crippen LogP contribution in [0, 0.1) is 5.92 Å². The van der Waals surface area contributed by atoms with Crippen molar-refractivity contribution in [2.75, 3.05) is 6.54 Å². The zero-order valence-electron chi connectivity index (χ0n) is 13.3. The molecule has 2 N–H and O–H groups in total. The minimum Gasteiger partial charge on any atom is -0.480 e. The average molecular weight is 314 g/mol. The minimum atomic E-state index is -0.890. The van der Waals surface area contributed by atoms with Crippen LogP contribution >= 0.6 is 0 Å². The highest BCUT2D eigenvalue weighted by Crippen LogP contribution is 2.24. The number of nitrogens with zero attached hydrogens (tertiary/aromatic N) is 1. The fourth-order valence-corrected chi connectivity index (χ4v) is 3.33. The van der Waals surface area contributed by atoms with Gasteiger partial charge in [0, 0.05) is 24.7 Å². The van der Waals surface area contributed by atoms with Crippen molar-refractivity contribution in [1.29, 1.82) is 0 Å². The lowest BCUT2D eigenvalue weighted by Crippen LogP contribution is -2.49. The number of carbonyl (C=O) groups is 2. The van der Waals surface area contributed by atoms with Gasteiger partial charge >= 0.3 is 5.97 Å². The summed E-state index contributed by atoms with van der Waals surface area (Å²) in [4.78, 5) is 28.6. The number of hydrogen-bond acceptors (Lipinski definition) is 2. The van der Waals surface area contributed by atoms with Gasteiger partial charge in [-0.25, -0.2) is 4.79 Å². The predicted octanol–water partition coefficient (Wildman–Crippen LogP) is 2.81. The highest BCUT2D eigenvalue weighted by molar-refractivity contribution is 5.84. The Morgan fingerprint density at radius 2 is 2.17 bits per heavy atom. The SMILES string of the molecule is CC1CCN(C(=O)CCc2ccc3[nH]ccc3c2)C(C(=O)O)C1. The van der Waals surface area contributed by atoms with E-state index in [1.807, 2.05) is 31.3 Å². The molecule has 2 aromatic rings. The van der Waals surface area contributed by atoms with Crippen LogP contribution in [0.1, 0.15) is 31.7 Å². The van der Waals surface area contributed by atoms with Gasteiger partial charge in [-0.2, -0.15) is 0 Å². The first-order valence-electron chi connectivity index (χ1n) is 8.13. The van der Waals surface area contributed by atoms with E-state index in [-0.39, 0.29) is 5.91 Å². The maximum absolute atomic E-state index is 12.5. The normalized spacial score (nSPS) is 21.5. The summed E-state index contributed by atoms with van der Waals surface area (Å²) in [6, 6.07) is 7.44. The number of aromatic nitrogens is 1. The zero-order chi connectivity index (χ0) is 16.4. The van der Waals surface area contributed by atoms with E-state index in [9.17, 15) is 14.7 Å². The number of piperidine rings is 1. The number of fused-ring (bicyclic) bond motifs is 1. The van der Waals surface area contributed by atoms with Gasteiger partial charge in [0.05, 0.1) is 0 Å². The Bertz CT molecular complexity index is 722. The molecule has 23 heavy (non-hydrogen) atoms. The molecular weight excluding hydrogens is 292 g/mol. The van der Waals surface area contributed by atoms with Crippen molar-refractivity contribution in [3.8, 4) is 0 Å². The maximum atomic E-state index is 12.5. The standard InChI is InChI=1S/C18H22N2O3/c1-12-7-9-20(16(10-12)18(22)23)17(21)5-3-13-2-4-15-14(11-13)6-8-19-15/h2,4,6,8,11-12,16,19H,3,5,7,9-10H2,1H3,(H,22,23). The molecule has 1 aromatic heterocycles. The molecule has 5 heteroatoms.